The maximum atomic E-state index is 13.0. The van der Waals surface area contributed by atoms with E-state index >= 15 is 0 Å². The van der Waals surface area contributed by atoms with Crippen LogP contribution in [-0.2, 0) is 16.6 Å². The molecule has 0 unspecified atom stereocenters. The molecule has 0 radical (unpaired) electrons. The number of nitrogens with one attached hydrogen (secondary N) is 3. The quantitative estimate of drug-likeness (QED) is 0.726. The lowest BCUT2D eigenvalue weighted by molar-refractivity contribution is 0.601. The normalized spacial score (nSPS) is 11.6. The number of H-pyrrole nitrogens is 1. The predicted octanol–water partition coefficient (Wildman–Crippen LogP) is 2.83. The molecule has 2 rings (SSSR count). The zero-order chi connectivity index (χ0) is 15.5. The summed E-state index contributed by atoms with van der Waals surface area (Å²) in [5.41, 5.74) is 1.06. The molecule has 0 bridgehead atoms. The topological polar surface area (TPSA) is 74.0 Å². The number of aromatic nitrogens is 1. The largest absolute Gasteiger partial charge is 0.363 e. The minimum atomic E-state index is -3.71. The molecule has 0 fully saturated rings. The van der Waals surface area contributed by atoms with Crippen LogP contribution in [0.2, 0.25) is 0 Å². The molecule has 114 valence electrons. The second-order valence-corrected chi connectivity index (χ2v) is 6.91. The Bertz CT molecular complexity index is 731. The van der Waals surface area contributed by atoms with E-state index in [1.165, 1.54) is 24.4 Å². The summed E-state index contributed by atoms with van der Waals surface area (Å²) in [4.78, 5) is 3.03. The summed E-state index contributed by atoms with van der Waals surface area (Å²) in [5, 5.41) is 3.10. The van der Waals surface area contributed by atoms with E-state index in [9.17, 15) is 12.8 Å². The van der Waals surface area contributed by atoms with E-state index in [-0.39, 0.29) is 10.6 Å². The van der Waals surface area contributed by atoms with E-state index in [1.54, 1.807) is 6.07 Å². The third-order valence-electron chi connectivity index (χ3n) is 2.77. The van der Waals surface area contributed by atoms with Crippen molar-refractivity contribution in [3.8, 4) is 0 Å². The van der Waals surface area contributed by atoms with Crippen LogP contribution in [0.4, 0.5) is 10.1 Å². The fraction of sp³-hybridized carbons (Fsp3) is 0.231. The average molecular weight is 376 g/mol. The molecule has 5 nitrogen and oxygen atoms in total. The zero-order valence-electron chi connectivity index (χ0n) is 11.3. The van der Waals surface area contributed by atoms with Gasteiger partial charge in [0.25, 0.3) is 10.0 Å². The molecule has 0 saturated heterocycles. The Morgan fingerprint density at radius 1 is 1.33 bits per heavy atom. The Labute approximate surface area is 131 Å². The zero-order valence-corrected chi connectivity index (χ0v) is 13.7. The second-order valence-electron chi connectivity index (χ2n) is 4.37. The standard InChI is InChI=1S/C13H15BrFN3O2S/c1-2-16-7-10-6-11(8-17-10)21(19,20)18-13-4-3-9(15)5-12(13)14/h3-6,8,16-18H,2,7H2,1H3. The van der Waals surface area contributed by atoms with Crippen LogP contribution in [0.3, 0.4) is 0 Å². The van der Waals surface area contributed by atoms with Crippen molar-refractivity contribution in [1.82, 2.24) is 10.3 Å². The summed E-state index contributed by atoms with van der Waals surface area (Å²) in [5.74, 6) is -0.445. The molecule has 0 spiro atoms. The number of hydrogen-bond donors (Lipinski definition) is 3. The number of hydrogen-bond acceptors (Lipinski definition) is 3. The van der Waals surface area contributed by atoms with Gasteiger partial charge >= 0.3 is 0 Å². The first-order valence-corrected chi connectivity index (χ1v) is 8.56. The van der Waals surface area contributed by atoms with E-state index in [0.717, 1.165) is 12.2 Å². The van der Waals surface area contributed by atoms with Crippen molar-refractivity contribution in [2.24, 2.45) is 0 Å². The van der Waals surface area contributed by atoms with Gasteiger partial charge in [-0.2, -0.15) is 0 Å². The lowest BCUT2D eigenvalue weighted by Crippen LogP contribution is -2.13. The highest BCUT2D eigenvalue weighted by molar-refractivity contribution is 9.10. The first kappa shape index (κ1) is 16.0. The van der Waals surface area contributed by atoms with Crippen molar-refractivity contribution >= 4 is 31.6 Å². The van der Waals surface area contributed by atoms with Crippen LogP contribution in [0.5, 0.6) is 0 Å². The van der Waals surface area contributed by atoms with Crippen LogP contribution in [0, 0.1) is 5.82 Å². The predicted molar refractivity (Wildman–Crippen MR) is 83.1 cm³/mol. The third-order valence-corrected chi connectivity index (χ3v) is 4.77. The summed E-state index contributed by atoms with van der Waals surface area (Å²) < 4.78 is 40.3. The molecular formula is C13H15BrFN3O2S. The Hall–Kier alpha value is -1.38. The number of anilines is 1. The molecule has 1 aromatic heterocycles. The molecule has 1 heterocycles. The second kappa shape index (κ2) is 6.59. The molecule has 1 aromatic carbocycles. The van der Waals surface area contributed by atoms with Gasteiger partial charge in [0.15, 0.2) is 0 Å². The highest BCUT2D eigenvalue weighted by Crippen LogP contribution is 2.26. The molecule has 0 aliphatic rings. The van der Waals surface area contributed by atoms with E-state index < -0.39 is 15.8 Å². The lowest BCUT2D eigenvalue weighted by Gasteiger charge is -2.08. The molecular weight excluding hydrogens is 361 g/mol. The molecule has 3 N–H and O–H groups in total. The van der Waals surface area contributed by atoms with Gasteiger partial charge in [-0.15, -0.1) is 0 Å². The van der Waals surface area contributed by atoms with Crippen molar-refractivity contribution in [3.05, 3.63) is 46.4 Å². The van der Waals surface area contributed by atoms with E-state index in [2.05, 4.69) is 31.0 Å². The molecule has 0 atom stereocenters. The molecule has 0 aliphatic heterocycles. The first-order valence-electron chi connectivity index (χ1n) is 6.28. The molecule has 0 amide bonds. The first-order chi connectivity index (χ1) is 9.92. The average Bonchev–Trinajstić information content (AvgIpc) is 2.89. The highest BCUT2D eigenvalue weighted by Gasteiger charge is 2.17. The van der Waals surface area contributed by atoms with Gasteiger partial charge < -0.3 is 10.3 Å². The SMILES string of the molecule is CCNCc1cc(S(=O)(=O)Nc2ccc(F)cc2Br)c[nH]1. The van der Waals surface area contributed by atoms with Crippen LogP contribution in [0.25, 0.3) is 0 Å². The number of halogens is 2. The van der Waals surface area contributed by atoms with Crippen LogP contribution in [0.15, 0.2) is 39.8 Å². The van der Waals surface area contributed by atoms with Crippen LogP contribution >= 0.6 is 15.9 Å². The summed E-state index contributed by atoms with van der Waals surface area (Å²) in [6, 6.07) is 5.31. The molecule has 0 aliphatic carbocycles. The van der Waals surface area contributed by atoms with Crippen LogP contribution in [0.1, 0.15) is 12.6 Å². The number of benzene rings is 1. The molecule has 21 heavy (non-hydrogen) atoms. The van der Waals surface area contributed by atoms with E-state index in [0.29, 0.717) is 11.0 Å². The smallest absolute Gasteiger partial charge is 0.263 e. The fourth-order valence-corrected chi connectivity index (χ4v) is 3.39. The van der Waals surface area contributed by atoms with Gasteiger partial charge in [0, 0.05) is 22.9 Å². The van der Waals surface area contributed by atoms with Crippen LogP contribution in [-0.4, -0.2) is 19.9 Å². The van der Waals surface area contributed by atoms with Gasteiger partial charge in [0.1, 0.15) is 10.7 Å². The minimum absolute atomic E-state index is 0.131. The maximum Gasteiger partial charge on any atom is 0.263 e. The maximum absolute atomic E-state index is 13.0. The van der Waals surface area contributed by atoms with Gasteiger partial charge in [-0.1, -0.05) is 6.92 Å². The van der Waals surface area contributed by atoms with Crippen molar-refractivity contribution < 1.29 is 12.8 Å². The summed E-state index contributed by atoms with van der Waals surface area (Å²) in [6.07, 6.45) is 1.42. The molecule has 2 aromatic rings. The summed E-state index contributed by atoms with van der Waals surface area (Å²) >= 11 is 3.13. The molecule has 8 heteroatoms. The highest BCUT2D eigenvalue weighted by atomic mass is 79.9. The van der Waals surface area contributed by atoms with Crippen molar-refractivity contribution in [2.75, 3.05) is 11.3 Å². The Kier molecular flexibility index (Phi) is 5.02. The monoisotopic (exact) mass is 375 g/mol. The van der Waals surface area contributed by atoms with Gasteiger partial charge in [-0.05, 0) is 46.7 Å². The van der Waals surface area contributed by atoms with E-state index in [4.69, 9.17) is 0 Å². The summed E-state index contributed by atoms with van der Waals surface area (Å²) in [7, 11) is -3.71. The van der Waals surface area contributed by atoms with Crippen molar-refractivity contribution in [1.29, 1.82) is 0 Å². The van der Waals surface area contributed by atoms with Gasteiger partial charge in [-0.25, -0.2) is 12.8 Å². The van der Waals surface area contributed by atoms with Gasteiger partial charge in [-0.3, -0.25) is 4.72 Å². The Morgan fingerprint density at radius 3 is 2.76 bits per heavy atom. The van der Waals surface area contributed by atoms with Gasteiger partial charge in [0.2, 0.25) is 0 Å². The van der Waals surface area contributed by atoms with E-state index in [1.807, 2.05) is 6.92 Å². The van der Waals surface area contributed by atoms with Crippen LogP contribution < -0.4 is 10.0 Å². The third kappa shape index (κ3) is 4.05. The number of sulfonamides is 1. The Morgan fingerprint density at radius 2 is 2.10 bits per heavy atom. The number of rotatable bonds is 6. The lowest BCUT2D eigenvalue weighted by atomic mass is 10.3. The Balaban J connectivity index is 2.19. The summed E-state index contributed by atoms with van der Waals surface area (Å²) in [6.45, 7) is 3.32. The fourth-order valence-electron chi connectivity index (χ4n) is 1.71. The van der Waals surface area contributed by atoms with Crippen molar-refractivity contribution in [2.45, 2.75) is 18.4 Å². The van der Waals surface area contributed by atoms with Crippen molar-refractivity contribution in [3.63, 3.8) is 0 Å². The van der Waals surface area contributed by atoms with Gasteiger partial charge in [0.05, 0.1) is 5.69 Å². The minimum Gasteiger partial charge on any atom is -0.363 e. The molecule has 0 saturated carbocycles. The number of aromatic amines is 1.